The van der Waals surface area contributed by atoms with Gasteiger partial charge < -0.3 is 0 Å². The average molecular weight is 816 g/mol. The molecule has 1 spiro atoms. The molecular weight excluding hydrogens is 771 g/mol. The van der Waals surface area contributed by atoms with E-state index in [2.05, 4.69) is 159 Å². The molecule has 298 valence electrons. The molecule has 0 atom stereocenters. The third kappa shape index (κ3) is 4.79. The van der Waals surface area contributed by atoms with Crippen LogP contribution in [0.3, 0.4) is 0 Å². The minimum atomic E-state index is -0.0432. The highest BCUT2D eigenvalue weighted by atomic mass is 32.1. The van der Waals surface area contributed by atoms with Gasteiger partial charge in [0.2, 0.25) is 0 Å². The molecule has 7 aromatic carbocycles. The van der Waals surface area contributed by atoms with Gasteiger partial charge in [-0.15, -0.1) is 11.3 Å². The van der Waals surface area contributed by atoms with Crippen LogP contribution in [0.2, 0.25) is 0 Å². The maximum absolute atomic E-state index is 5.22. The quantitative estimate of drug-likeness (QED) is 0.178. The number of nitrogens with zero attached hydrogens (tertiary/aromatic N) is 3. The van der Waals surface area contributed by atoms with E-state index in [1.54, 1.807) is 11.1 Å². The van der Waals surface area contributed by atoms with E-state index in [-0.39, 0.29) is 10.8 Å². The van der Waals surface area contributed by atoms with Crippen LogP contribution in [0.25, 0.3) is 87.7 Å². The van der Waals surface area contributed by atoms with Gasteiger partial charge in [0.15, 0.2) is 17.5 Å². The van der Waals surface area contributed by atoms with Gasteiger partial charge in [-0.25, -0.2) is 15.0 Å². The minimum Gasteiger partial charge on any atom is -0.208 e. The van der Waals surface area contributed by atoms with Gasteiger partial charge in [-0.05, 0) is 118 Å². The number of hydrogen-bond donors (Lipinski definition) is 0. The second-order valence-electron chi connectivity index (χ2n) is 19.6. The number of benzene rings is 7. The summed E-state index contributed by atoms with van der Waals surface area (Å²) in [6.07, 6.45) is 7.09. The maximum atomic E-state index is 5.22. The second kappa shape index (κ2) is 12.7. The molecule has 0 radical (unpaired) electrons. The Kier molecular flexibility index (Phi) is 7.23. The molecule has 0 saturated heterocycles. The number of fused-ring (bicyclic) bond motifs is 10. The van der Waals surface area contributed by atoms with Crippen LogP contribution in [-0.4, -0.2) is 15.0 Å². The lowest BCUT2D eigenvalue weighted by Gasteiger charge is -2.61. The molecule has 3 nitrogen and oxygen atoms in total. The summed E-state index contributed by atoms with van der Waals surface area (Å²) in [6, 6.07) is 56.3. The largest absolute Gasteiger partial charge is 0.208 e. The Bertz CT molecular complexity index is 3310. The standard InChI is InChI=1S/C58H45N3S/c1-57(2)47-14-8-6-12-42(47)43-22-20-38(31-50(43)57)35-16-18-37(19-17-35)55-59-54(36-10-4-3-5-11-36)60-56(61-55)39-21-23-44-45-24-25-49-52(53(45)62-51(44)32-39)46-13-7-9-15-48(46)58(49)40-27-33-26-34(29-40)30-41(58)28-33/h3-25,31-34,40-41H,26-30H2,1-2H3. The molecule has 0 aliphatic heterocycles. The van der Waals surface area contributed by atoms with E-state index in [4.69, 9.17) is 15.0 Å². The summed E-state index contributed by atoms with van der Waals surface area (Å²) in [7, 11) is 0. The molecule has 62 heavy (non-hydrogen) atoms. The zero-order valence-electron chi connectivity index (χ0n) is 35.0. The fraction of sp³-hybridized carbons (Fsp3) is 0.224. The molecule has 2 aromatic heterocycles. The second-order valence-corrected chi connectivity index (χ2v) is 20.6. The normalized spacial score (nSPS) is 23.2. The molecule has 9 aromatic rings. The van der Waals surface area contributed by atoms with Crippen molar-refractivity contribution in [3.63, 3.8) is 0 Å². The molecule has 15 rings (SSSR count). The Morgan fingerprint density at radius 2 is 1.00 bits per heavy atom. The number of rotatable bonds is 4. The van der Waals surface area contributed by atoms with Crippen LogP contribution in [0.1, 0.15) is 68.2 Å². The summed E-state index contributed by atoms with van der Waals surface area (Å²) in [4.78, 5) is 15.5. The molecule has 0 amide bonds. The summed E-state index contributed by atoms with van der Waals surface area (Å²) in [5.74, 6) is 5.45. The lowest BCUT2D eigenvalue weighted by atomic mass is 9.43. The number of hydrogen-bond acceptors (Lipinski definition) is 4. The van der Waals surface area contributed by atoms with Crippen molar-refractivity contribution < 1.29 is 0 Å². The van der Waals surface area contributed by atoms with Crippen molar-refractivity contribution in [2.45, 2.75) is 56.8 Å². The van der Waals surface area contributed by atoms with Crippen LogP contribution in [0.4, 0.5) is 0 Å². The Balaban J connectivity index is 0.865. The molecule has 6 aliphatic rings. The molecule has 0 N–H and O–H groups in total. The third-order valence-corrected chi connectivity index (χ3v) is 17.3. The lowest BCUT2D eigenvalue weighted by Crippen LogP contribution is -2.55. The van der Waals surface area contributed by atoms with Crippen molar-refractivity contribution >= 4 is 31.5 Å². The van der Waals surface area contributed by atoms with Gasteiger partial charge in [-0.3, -0.25) is 0 Å². The highest BCUT2D eigenvalue weighted by Gasteiger charge is 2.61. The van der Waals surface area contributed by atoms with E-state index < -0.39 is 0 Å². The predicted octanol–water partition coefficient (Wildman–Crippen LogP) is 14.9. The Hall–Kier alpha value is -6.23. The Morgan fingerprint density at radius 1 is 0.435 bits per heavy atom. The van der Waals surface area contributed by atoms with Crippen LogP contribution in [0.5, 0.6) is 0 Å². The van der Waals surface area contributed by atoms with Crippen molar-refractivity contribution in [3.05, 3.63) is 174 Å². The fourth-order valence-electron chi connectivity index (χ4n) is 13.7. The molecule has 4 fully saturated rings. The molecule has 0 unspecified atom stereocenters. The lowest BCUT2D eigenvalue weighted by molar-refractivity contribution is -0.0399. The van der Waals surface area contributed by atoms with Gasteiger partial charge in [-0.1, -0.05) is 153 Å². The van der Waals surface area contributed by atoms with Crippen LogP contribution >= 0.6 is 11.3 Å². The Labute approximate surface area is 366 Å². The monoisotopic (exact) mass is 815 g/mol. The summed E-state index contributed by atoms with van der Waals surface area (Å²) in [5.41, 5.74) is 17.2. The van der Waals surface area contributed by atoms with Crippen LogP contribution in [0.15, 0.2) is 152 Å². The smallest absolute Gasteiger partial charge is 0.164 e. The molecule has 6 aliphatic carbocycles. The van der Waals surface area contributed by atoms with Gasteiger partial charge in [0.05, 0.1) is 0 Å². The highest BCUT2D eigenvalue weighted by Crippen LogP contribution is 2.70. The summed E-state index contributed by atoms with van der Waals surface area (Å²) < 4.78 is 2.72. The van der Waals surface area contributed by atoms with Crippen LogP contribution < -0.4 is 0 Å². The molecule has 4 saturated carbocycles. The minimum absolute atomic E-state index is 0.0432. The number of aromatic nitrogens is 3. The summed E-state index contributed by atoms with van der Waals surface area (Å²) >= 11 is 1.96. The first-order chi connectivity index (χ1) is 30.4. The van der Waals surface area contributed by atoms with E-state index in [9.17, 15) is 0 Å². The van der Waals surface area contributed by atoms with E-state index in [0.29, 0.717) is 17.5 Å². The summed E-state index contributed by atoms with van der Waals surface area (Å²) in [6.45, 7) is 4.68. The first-order valence-corrected chi connectivity index (χ1v) is 23.5. The van der Waals surface area contributed by atoms with Gasteiger partial charge in [-0.2, -0.15) is 0 Å². The van der Waals surface area contributed by atoms with E-state index >= 15 is 0 Å². The average Bonchev–Trinajstić information content (AvgIpc) is 3.91. The maximum Gasteiger partial charge on any atom is 0.164 e. The van der Waals surface area contributed by atoms with Crippen molar-refractivity contribution in [2.75, 3.05) is 0 Å². The zero-order valence-corrected chi connectivity index (χ0v) is 35.8. The van der Waals surface area contributed by atoms with E-state index in [0.717, 1.165) is 40.4 Å². The number of thiophene rings is 1. The van der Waals surface area contributed by atoms with Crippen molar-refractivity contribution in [2.24, 2.45) is 23.7 Å². The summed E-state index contributed by atoms with van der Waals surface area (Å²) in [5, 5.41) is 2.68. The van der Waals surface area contributed by atoms with Gasteiger partial charge in [0.25, 0.3) is 0 Å². The molecule has 4 bridgehead atoms. The molecule has 2 heterocycles. The van der Waals surface area contributed by atoms with Crippen molar-refractivity contribution in [1.82, 2.24) is 15.0 Å². The SMILES string of the molecule is CC1(C)c2ccccc2-c2ccc(-c3ccc(-c4nc(-c5ccccc5)nc(-c5ccc6c(c5)sc5c7c(ccc56)C5(c6ccccc6-7)C6CC7CC(C6)CC5C7)n4)cc3)cc21. The zero-order chi connectivity index (χ0) is 40.9. The predicted molar refractivity (Wildman–Crippen MR) is 255 cm³/mol. The van der Waals surface area contributed by atoms with Gasteiger partial charge in [0, 0.05) is 53.3 Å². The topological polar surface area (TPSA) is 38.7 Å². The molecular formula is C58H45N3S. The Morgan fingerprint density at radius 3 is 1.74 bits per heavy atom. The van der Waals surface area contributed by atoms with E-state index in [1.807, 2.05) is 17.4 Å². The highest BCUT2D eigenvalue weighted by molar-refractivity contribution is 7.26. The van der Waals surface area contributed by atoms with E-state index in [1.165, 1.54) is 96.8 Å². The van der Waals surface area contributed by atoms with Crippen LogP contribution in [0, 0.1) is 23.7 Å². The van der Waals surface area contributed by atoms with Crippen LogP contribution in [-0.2, 0) is 10.8 Å². The first kappa shape index (κ1) is 35.4. The van der Waals surface area contributed by atoms with Crippen molar-refractivity contribution in [3.8, 4) is 67.5 Å². The van der Waals surface area contributed by atoms with Crippen molar-refractivity contribution in [1.29, 1.82) is 0 Å². The van der Waals surface area contributed by atoms with Gasteiger partial charge >= 0.3 is 0 Å². The van der Waals surface area contributed by atoms with Gasteiger partial charge in [0.1, 0.15) is 0 Å². The first-order valence-electron chi connectivity index (χ1n) is 22.7. The fourth-order valence-corrected chi connectivity index (χ4v) is 15.0. The third-order valence-electron chi connectivity index (χ3n) is 16.1. The molecule has 4 heteroatoms.